The van der Waals surface area contributed by atoms with Crippen LogP contribution in [0, 0.1) is 5.82 Å². The van der Waals surface area contributed by atoms with E-state index < -0.39 is 0 Å². The summed E-state index contributed by atoms with van der Waals surface area (Å²) in [5.41, 5.74) is 2.63. The lowest BCUT2D eigenvalue weighted by Crippen LogP contribution is -2.35. The number of Topliss-reactive ketones (excluding diaryl/α,β-unsaturated/α-hetero) is 1. The summed E-state index contributed by atoms with van der Waals surface area (Å²) in [6.07, 6.45) is 1.83. The fourth-order valence-corrected chi connectivity index (χ4v) is 3.63. The lowest BCUT2D eigenvalue weighted by Gasteiger charge is -2.27. The molecule has 138 valence electrons. The van der Waals surface area contributed by atoms with Gasteiger partial charge >= 0.3 is 0 Å². The summed E-state index contributed by atoms with van der Waals surface area (Å²) >= 11 is 0. The molecule has 5 rings (SSSR count). The molecule has 0 unspecified atom stereocenters. The number of hydrogen-bond donors (Lipinski definition) is 0. The number of nitrogens with zero attached hydrogens (tertiary/aromatic N) is 3. The minimum absolute atomic E-state index is 0.175. The lowest BCUT2D eigenvalue weighted by molar-refractivity contribution is 0.104. The van der Waals surface area contributed by atoms with Crippen LogP contribution < -0.4 is 9.64 Å². The Balaban J connectivity index is 1.66. The number of anilines is 1. The zero-order valence-electron chi connectivity index (χ0n) is 15.1. The van der Waals surface area contributed by atoms with Gasteiger partial charge in [0.05, 0.1) is 24.7 Å². The Labute approximate surface area is 160 Å². The number of amidine groups is 1. The maximum Gasteiger partial charge on any atom is 0.196 e. The van der Waals surface area contributed by atoms with Crippen LogP contribution in [0.25, 0.3) is 17.0 Å². The van der Waals surface area contributed by atoms with E-state index in [4.69, 9.17) is 9.72 Å². The molecular formula is C22H16FN3O2. The van der Waals surface area contributed by atoms with Crippen LogP contribution in [0.2, 0.25) is 0 Å². The first-order valence-electron chi connectivity index (χ1n) is 8.97. The van der Waals surface area contributed by atoms with Gasteiger partial charge in [-0.05, 0) is 48.5 Å². The molecular weight excluding hydrogens is 357 g/mol. The van der Waals surface area contributed by atoms with Crippen LogP contribution in [0.4, 0.5) is 10.2 Å². The maximum absolute atomic E-state index is 13.2. The van der Waals surface area contributed by atoms with Gasteiger partial charge in [-0.25, -0.2) is 9.37 Å². The van der Waals surface area contributed by atoms with Gasteiger partial charge in [0.25, 0.3) is 0 Å². The quantitative estimate of drug-likeness (QED) is 0.654. The Bertz CT molecular complexity index is 1180. The van der Waals surface area contributed by atoms with E-state index in [0.717, 1.165) is 28.0 Å². The van der Waals surface area contributed by atoms with Crippen molar-refractivity contribution in [3.8, 4) is 5.75 Å². The smallest absolute Gasteiger partial charge is 0.196 e. The monoisotopic (exact) mass is 373 g/mol. The molecule has 0 N–H and O–H groups in total. The van der Waals surface area contributed by atoms with Crippen LogP contribution in [0.5, 0.6) is 5.75 Å². The molecule has 0 aliphatic carbocycles. The van der Waals surface area contributed by atoms with E-state index in [9.17, 15) is 9.18 Å². The SMILES string of the molecule is COc1ccc2cc3c(nc2c1)N1CCN=C1C(C(=O)c1ccc(F)cc1)=C3. The number of halogens is 1. The fraction of sp³-hybridized carbons (Fsp3) is 0.136. The maximum atomic E-state index is 13.2. The zero-order valence-corrected chi connectivity index (χ0v) is 15.1. The van der Waals surface area contributed by atoms with Crippen molar-refractivity contribution in [1.82, 2.24) is 4.98 Å². The fourth-order valence-electron chi connectivity index (χ4n) is 3.63. The molecule has 5 nitrogen and oxygen atoms in total. The van der Waals surface area contributed by atoms with Gasteiger partial charge in [-0.1, -0.05) is 0 Å². The standard InChI is InChI=1S/C22H16FN3O2/c1-28-17-7-4-14-10-15-11-18(20(27)13-2-5-16(23)6-3-13)22-24-8-9-26(22)21(15)25-19(14)12-17/h2-7,10-12H,8-9H2,1H3. The molecule has 2 aliphatic heterocycles. The molecule has 1 aromatic heterocycles. The molecule has 3 aromatic rings. The topological polar surface area (TPSA) is 54.8 Å². The second kappa shape index (κ2) is 6.27. The second-order valence-electron chi connectivity index (χ2n) is 6.71. The van der Waals surface area contributed by atoms with Crippen LogP contribution in [0.15, 0.2) is 59.1 Å². The van der Waals surface area contributed by atoms with Gasteiger partial charge in [-0.3, -0.25) is 9.79 Å². The van der Waals surface area contributed by atoms with E-state index in [0.29, 0.717) is 30.1 Å². The van der Waals surface area contributed by atoms with Crippen LogP contribution in [0.3, 0.4) is 0 Å². The highest BCUT2D eigenvalue weighted by molar-refractivity contribution is 6.35. The van der Waals surface area contributed by atoms with Crippen molar-refractivity contribution < 1.29 is 13.9 Å². The molecule has 0 saturated heterocycles. The van der Waals surface area contributed by atoms with Crippen LogP contribution in [-0.4, -0.2) is 36.8 Å². The van der Waals surface area contributed by atoms with Gasteiger partial charge in [0.2, 0.25) is 0 Å². The van der Waals surface area contributed by atoms with Gasteiger partial charge in [-0.15, -0.1) is 0 Å². The molecule has 0 bridgehead atoms. The van der Waals surface area contributed by atoms with Crippen LogP contribution in [-0.2, 0) is 0 Å². The Kier molecular flexibility index (Phi) is 3.72. The van der Waals surface area contributed by atoms with E-state index in [1.54, 1.807) is 7.11 Å². The summed E-state index contributed by atoms with van der Waals surface area (Å²) < 4.78 is 18.5. The average molecular weight is 373 g/mol. The Morgan fingerprint density at radius 3 is 2.75 bits per heavy atom. The van der Waals surface area contributed by atoms with Crippen molar-refractivity contribution in [3.63, 3.8) is 0 Å². The number of ether oxygens (including phenoxy) is 1. The first kappa shape index (κ1) is 16.6. The van der Waals surface area contributed by atoms with Crippen molar-refractivity contribution in [2.24, 2.45) is 4.99 Å². The molecule has 3 heterocycles. The minimum Gasteiger partial charge on any atom is -0.497 e. The predicted molar refractivity (Wildman–Crippen MR) is 107 cm³/mol. The molecule has 0 saturated carbocycles. The number of ketones is 1. The summed E-state index contributed by atoms with van der Waals surface area (Å²) in [4.78, 5) is 24.4. The number of carbonyl (C=O) groups is 1. The van der Waals surface area contributed by atoms with E-state index in [1.165, 1.54) is 24.3 Å². The van der Waals surface area contributed by atoms with Crippen LogP contribution in [0.1, 0.15) is 15.9 Å². The molecule has 0 spiro atoms. The first-order valence-corrected chi connectivity index (χ1v) is 8.97. The number of hydrogen-bond acceptors (Lipinski definition) is 5. The Hall–Kier alpha value is -3.54. The molecule has 0 fully saturated rings. The highest BCUT2D eigenvalue weighted by Gasteiger charge is 2.33. The number of aromatic nitrogens is 1. The van der Waals surface area contributed by atoms with Gasteiger partial charge in [0, 0.05) is 29.1 Å². The number of methoxy groups -OCH3 is 1. The molecule has 28 heavy (non-hydrogen) atoms. The highest BCUT2D eigenvalue weighted by atomic mass is 19.1. The van der Waals surface area contributed by atoms with Crippen molar-refractivity contribution >= 4 is 34.4 Å². The third-order valence-corrected chi connectivity index (χ3v) is 5.02. The van der Waals surface area contributed by atoms with Crippen molar-refractivity contribution in [3.05, 3.63) is 71.0 Å². The Morgan fingerprint density at radius 1 is 1.14 bits per heavy atom. The van der Waals surface area contributed by atoms with Gasteiger partial charge in [0.1, 0.15) is 23.2 Å². The molecule has 6 heteroatoms. The number of carbonyl (C=O) groups excluding carboxylic acids is 1. The second-order valence-corrected chi connectivity index (χ2v) is 6.71. The van der Waals surface area contributed by atoms with E-state index >= 15 is 0 Å². The summed E-state index contributed by atoms with van der Waals surface area (Å²) in [5.74, 6) is 1.61. The molecule has 0 amide bonds. The number of fused-ring (bicyclic) bond motifs is 4. The van der Waals surface area contributed by atoms with Gasteiger partial charge < -0.3 is 9.64 Å². The lowest BCUT2D eigenvalue weighted by atomic mass is 9.96. The third kappa shape index (κ3) is 2.57. The number of pyridine rings is 1. The Morgan fingerprint density at radius 2 is 1.96 bits per heavy atom. The average Bonchev–Trinajstić information content (AvgIpc) is 3.21. The number of aliphatic imine (C=N–C) groups is 1. The summed E-state index contributed by atoms with van der Waals surface area (Å²) in [5, 5.41) is 0.962. The number of benzene rings is 2. The van der Waals surface area contributed by atoms with Gasteiger partial charge in [0.15, 0.2) is 5.78 Å². The number of rotatable bonds is 3. The normalized spacial score (nSPS) is 15.0. The van der Waals surface area contributed by atoms with Crippen molar-refractivity contribution in [2.45, 2.75) is 0 Å². The van der Waals surface area contributed by atoms with E-state index in [2.05, 4.69) is 4.99 Å². The van der Waals surface area contributed by atoms with Crippen LogP contribution >= 0.6 is 0 Å². The van der Waals surface area contributed by atoms with Gasteiger partial charge in [-0.2, -0.15) is 0 Å². The molecule has 2 aliphatic rings. The van der Waals surface area contributed by atoms with Crippen molar-refractivity contribution in [2.75, 3.05) is 25.1 Å². The summed E-state index contributed by atoms with van der Waals surface area (Å²) in [6, 6.07) is 13.3. The van der Waals surface area contributed by atoms with E-state index in [-0.39, 0.29) is 11.6 Å². The third-order valence-electron chi connectivity index (χ3n) is 5.02. The molecule has 2 aromatic carbocycles. The first-order chi connectivity index (χ1) is 13.6. The summed E-state index contributed by atoms with van der Waals surface area (Å²) in [6.45, 7) is 1.26. The largest absolute Gasteiger partial charge is 0.497 e. The molecule has 0 radical (unpaired) electrons. The predicted octanol–water partition coefficient (Wildman–Crippen LogP) is 3.88. The van der Waals surface area contributed by atoms with Crippen molar-refractivity contribution in [1.29, 1.82) is 0 Å². The summed E-state index contributed by atoms with van der Waals surface area (Å²) in [7, 11) is 1.63. The highest BCUT2D eigenvalue weighted by Crippen LogP contribution is 2.34. The molecule has 0 atom stereocenters. The van der Waals surface area contributed by atoms with E-state index in [1.807, 2.05) is 35.2 Å². The minimum atomic E-state index is -0.370. The zero-order chi connectivity index (χ0) is 19.3.